The summed E-state index contributed by atoms with van der Waals surface area (Å²) < 4.78 is 0. The summed E-state index contributed by atoms with van der Waals surface area (Å²) in [6.45, 7) is 4.52. The van der Waals surface area contributed by atoms with Crippen molar-refractivity contribution in [3.8, 4) is 0 Å². The summed E-state index contributed by atoms with van der Waals surface area (Å²) >= 11 is 7.47. The molecular weight excluding hydrogens is 436 g/mol. The van der Waals surface area contributed by atoms with Gasteiger partial charge in [-0.3, -0.25) is 14.6 Å². The van der Waals surface area contributed by atoms with Crippen molar-refractivity contribution >= 4 is 41.0 Å². The van der Waals surface area contributed by atoms with Crippen molar-refractivity contribution in [1.29, 1.82) is 0 Å². The number of anilines is 1. The fraction of sp³-hybridized carbons (Fsp3) is 0.476. The molecule has 2 aromatic heterocycles. The van der Waals surface area contributed by atoms with Crippen LogP contribution >= 0.6 is 23.4 Å². The minimum Gasteiger partial charge on any atom is -0.353 e. The Morgan fingerprint density at radius 3 is 2.81 bits per heavy atom. The monoisotopic (exact) mass is 460 g/mol. The lowest BCUT2D eigenvalue weighted by molar-refractivity contribution is -0.135. The number of hydrogen-bond donors (Lipinski definition) is 1. The number of hydrogen-bond acceptors (Lipinski definition) is 7. The van der Waals surface area contributed by atoms with Gasteiger partial charge in [-0.25, -0.2) is 9.97 Å². The second-order valence-corrected chi connectivity index (χ2v) is 9.15. The van der Waals surface area contributed by atoms with Crippen LogP contribution in [-0.4, -0.2) is 63.1 Å². The number of aromatic nitrogens is 3. The van der Waals surface area contributed by atoms with Crippen molar-refractivity contribution in [2.75, 3.05) is 30.3 Å². The maximum absolute atomic E-state index is 12.4. The smallest absolute Gasteiger partial charge is 0.230 e. The van der Waals surface area contributed by atoms with Crippen molar-refractivity contribution in [3.63, 3.8) is 0 Å². The molecule has 2 aromatic rings. The normalized spacial score (nSPS) is 18.7. The molecule has 1 unspecified atom stereocenters. The van der Waals surface area contributed by atoms with Crippen molar-refractivity contribution in [2.45, 2.75) is 37.5 Å². The van der Waals surface area contributed by atoms with Gasteiger partial charge >= 0.3 is 0 Å². The molecule has 0 spiro atoms. The Labute approximate surface area is 190 Å². The van der Waals surface area contributed by atoms with Gasteiger partial charge in [-0.1, -0.05) is 29.4 Å². The quantitative estimate of drug-likeness (QED) is 0.385. The largest absolute Gasteiger partial charge is 0.353 e. The van der Waals surface area contributed by atoms with E-state index < -0.39 is 0 Å². The molecule has 0 radical (unpaired) electrons. The van der Waals surface area contributed by atoms with E-state index >= 15 is 0 Å². The Bertz CT molecular complexity index is 943. The van der Waals surface area contributed by atoms with Gasteiger partial charge in [-0.05, 0) is 31.9 Å². The molecule has 1 N–H and O–H groups in total. The second-order valence-electron chi connectivity index (χ2n) is 7.82. The summed E-state index contributed by atoms with van der Waals surface area (Å²) in [6, 6.07) is 7.42. The van der Waals surface area contributed by atoms with E-state index in [1.54, 1.807) is 12.3 Å². The number of piperazine rings is 1. The van der Waals surface area contributed by atoms with Gasteiger partial charge in [0.2, 0.25) is 11.8 Å². The number of halogens is 1. The van der Waals surface area contributed by atoms with Crippen LogP contribution < -0.4 is 10.2 Å². The molecule has 10 heteroatoms. The van der Waals surface area contributed by atoms with Gasteiger partial charge in [0, 0.05) is 43.9 Å². The molecule has 1 aliphatic carbocycles. The zero-order chi connectivity index (χ0) is 21.8. The van der Waals surface area contributed by atoms with Crippen LogP contribution in [0.4, 0.5) is 5.82 Å². The summed E-state index contributed by atoms with van der Waals surface area (Å²) in [5.74, 6) is 1.30. The highest BCUT2D eigenvalue weighted by Gasteiger charge is 2.37. The minimum absolute atomic E-state index is 0.115. The molecule has 4 rings (SSSR count). The van der Waals surface area contributed by atoms with Crippen molar-refractivity contribution < 1.29 is 9.59 Å². The highest BCUT2D eigenvalue weighted by atomic mass is 35.5. The molecule has 1 saturated heterocycles. The van der Waals surface area contributed by atoms with Crippen LogP contribution in [0.5, 0.6) is 0 Å². The zero-order valence-electron chi connectivity index (χ0n) is 17.3. The van der Waals surface area contributed by atoms with Gasteiger partial charge in [-0.2, -0.15) is 0 Å². The van der Waals surface area contributed by atoms with E-state index in [9.17, 15) is 9.59 Å². The molecule has 0 bridgehead atoms. The summed E-state index contributed by atoms with van der Waals surface area (Å²) in [5, 5.41) is 3.63. The Kier molecular flexibility index (Phi) is 6.92. The summed E-state index contributed by atoms with van der Waals surface area (Å²) in [5.41, 5.74) is 0.801. The van der Waals surface area contributed by atoms with Gasteiger partial charge in [0.1, 0.15) is 11.0 Å². The third kappa shape index (κ3) is 5.86. The van der Waals surface area contributed by atoms with Crippen molar-refractivity contribution in [2.24, 2.45) is 5.92 Å². The lowest BCUT2D eigenvalue weighted by atomic mass is 10.1. The molecule has 3 heterocycles. The molecule has 8 nitrogen and oxygen atoms in total. The molecule has 2 amide bonds. The lowest BCUT2D eigenvalue weighted by Crippen LogP contribution is -2.54. The molecule has 0 aromatic carbocycles. The summed E-state index contributed by atoms with van der Waals surface area (Å²) in [7, 11) is 0. The molecule has 164 valence electrons. The van der Waals surface area contributed by atoms with E-state index in [4.69, 9.17) is 11.6 Å². The molecule has 2 aliphatic rings. The number of nitrogens with zero attached hydrogens (tertiary/aromatic N) is 5. The SMILES string of the molecule is CC1CN(c2cc(Cl)nc(SCC(=O)NCc3ccccn3)n2)CCN1C(=O)C1CC1. The number of pyridine rings is 1. The highest BCUT2D eigenvalue weighted by molar-refractivity contribution is 7.99. The van der Waals surface area contributed by atoms with Crippen LogP contribution in [0.25, 0.3) is 0 Å². The van der Waals surface area contributed by atoms with Gasteiger partial charge in [0.05, 0.1) is 18.0 Å². The molecule has 1 atom stereocenters. The van der Waals surface area contributed by atoms with Crippen LogP contribution in [0.1, 0.15) is 25.5 Å². The first kappa shape index (κ1) is 21.8. The van der Waals surface area contributed by atoms with E-state index in [0.29, 0.717) is 36.5 Å². The third-order valence-electron chi connectivity index (χ3n) is 5.35. The average Bonchev–Trinajstić information content (AvgIpc) is 3.61. The van der Waals surface area contributed by atoms with Crippen LogP contribution in [0.15, 0.2) is 35.6 Å². The Balaban J connectivity index is 1.32. The fourth-order valence-electron chi connectivity index (χ4n) is 3.54. The number of nitrogens with one attached hydrogen (secondary N) is 1. The first-order valence-electron chi connectivity index (χ1n) is 10.4. The highest BCUT2D eigenvalue weighted by Crippen LogP contribution is 2.32. The van der Waals surface area contributed by atoms with Crippen molar-refractivity contribution in [3.05, 3.63) is 41.3 Å². The fourth-order valence-corrected chi connectivity index (χ4v) is 4.45. The summed E-state index contributed by atoms with van der Waals surface area (Å²) in [4.78, 5) is 41.7. The average molecular weight is 461 g/mol. The predicted octanol–water partition coefficient (Wildman–Crippen LogP) is 2.38. The molecule has 1 saturated carbocycles. The first-order chi connectivity index (χ1) is 15.0. The lowest BCUT2D eigenvalue weighted by Gasteiger charge is -2.40. The standard InChI is InChI=1S/C21H25ClN6O2S/c1-14-12-27(8-9-28(14)20(30)15-5-6-15)18-10-17(22)25-21(26-18)31-13-19(29)24-11-16-4-2-3-7-23-16/h2-4,7,10,14-15H,5-6,8-9,11-13H2,1H3,(H,24,29). The van der Waals surface area contributed by atoms with Gasteiger partial charge in [0.15, 0.2) is 5.16 Å². The van der Waals surface area contributed by atoms with E-state index in [1.165, 1.54) is 11.8 Å². The van der Waals surface area contributed by atoms with E-state index in [-0.39, 0.29) is 29.5 Å². The van der Waals surface area contributed by atoms with Crippen LogP contribution in [0, 0.1) is 5.92 Å². The van der Waals surface area contributed by atoms with E-state index in [2.05, 4.69) is 32.1 Å². The van der Waals surface area contributed by atoms with Crippen molar-refractivity contribution in [1.82, 2.24) is 25.2 Å². The van der Waals surface area contributed by atoms with Gasteiger partial charge < -0.3 is 15.1 Å². The molecule has 1 aliphatic heterocycles. The molecular formula is C21H25ClN6O2S. The van der Waals surface area contributed by atoms with Gasteiger partial charge in [-0.15, -0.1) is 0 Å². The summed E-state index contributed by atoms with van der Waals surface area (Å²) in [6.07, 6.45) is 3.73. The maximum Gasteiger partial charge on any atom is 0.230 e. The third-order valence-corrected chi connectivity index (χ3v) is 6.39. The van der Waals surface area contributed by atoms with Crippen LogP contribution in [0.3, 0.4) is 0 Å². The molecule has 31 heavy (non-hydrogen) atoms. The van der Waals surface area contributed by atoms with Crippen LogP contribution in [-0.2, 0) is 16.1 Å². The van der Waals surface area contributed by atoms with Crippen LogP contribution in [0.2, 0.25) is 5.15 Å². The zero-order valence-corrected chi connectivity index (χ0v) is 18.9. The maximum atomic E-state index is 12.4. The number of rotatable bonds is 7. The van der Waals surface area contributed by atoms with E-state index in [0.717, 1.165) is 24.4 Å². The number of carbonyl (C=O) groups excluding carboxylic acids is 2. The second kappa shape index (κ2) is 9.82. The topological polar surface area (TPSA) is 91.3 Å². The minimum atomic E-state index is -0.124. The number of amides is 2. The molecule has 2 fully saturated rings. The van der Waals surface area contributed by atoms with E-state index in [1.807, 2.05) is 23.1 Å². The Hall–Kier alpha value is -2.39. The van der Waals surface area contributed by atoms with Gasteiger partial charge in [0.25, 0.3) is 0 Å². The predicted molar refractivity (Wildman–Crippen MR) is 120 cm³/mol. The number of thioether (sulfide) groups is 1. The first-order valence-corrected chi connectivity index (χ1v) is 11.8. The Morgan fingerprint density at radius 1 is 1.26 bits per heavy atom. The Morgan fingerprint density at radius 2 is 2.10 bits per heavy atom. The number of carbonyl (C=O) groups is 2.